The fraction of sp³-hybridized carbons (Fsp3) is 0.577. The summed E-state index contributed by atoms with van der Waals surface area (Å²) < 4.78 is 37.0. The molecule has 2 heterocycles. The predicted octanol–water partition coefficient (Wildman–Crippen LogP) is 3.88. The van der Waals surface area contributed by atoms with Crippen LogP contribution in [0.1, 0.15) is 55.9 Å². The van der Waals surface area contributed by atoms with Gasteiger partial charge in [0.2, 0.25) is 5.88 Å². The third-order valence-corrected chi connectivity index (χ3v) is 8.51. The van der Waals surface area contributed by atoms with Gasteiger partial charge in [0.1, 0.15) is 10.5 Å². The molecule has 1 aromatic heterocycles. The largest absolute Gasteiger partial charge is 0.476 e. The van der Waals surface area contributed by atoms with Crippen LogP contribution in [0, 0.1) is 10.7 Å². The van der Waals surface area contributed by atoms with Gasteiger partial charge in [0.15, 0.2) is 9.92 Å². The fourth-order valence-corrected chi connectivity index (χ4v) is 6.56. The van der Waals surface area contributed by atoms with Crippen LogP contribution in [0.15, 0.2) is 17.2 Å². The number of urea groups is 1. The molecule has 0 saturated heterocycles. The molecule has 2 atom stereocenters. The molecule has 5 rings (SSSR count). The van der Waals surface area contributed by atoms with E-state index in [1.54, 1.807) is 7.05 Å². The van der Waals surface area contributed by atoms with Crippen LogP contribution in [0.2, 0.25) is 0 Å². The van der Waals surface area contributed by atoms with E-state index in [0.717, 1.165) is 55.3 Å². The highest BCUT2D eigenvalue weighted by Crippen LogP contribution is 2.38. The van der Waals surface area contributed by atoms with E-state index >= 15 is 0 Å². The number of aromatic nitrogens is 2. The van der Waals surface area contributed by atoms with E-state index < -0.39 is 27.6 Å². The Labute approximate surface area is 223 Å². The van der Waals surface area contributed by atoms with Gasteiger partial charge >= 0.3 is 12.1 Å². The van der Waals surface area contributed by atoms with Gasteiger partial charge in [-0.15, -0.1) is 0 Å². The second-order valence-corrected chi connectivity index (χ2v) is 13.1. The van der Waals surface area contributed by atoms with Crippen molar-refractivity contribution in [2.24, 2.45) is 5.92 Å². The maximum Gasteiger partial charge on any atom is 0.410 e. The highest BCUT2D eigenvalue weighted by Gasteiger charge is 2.32. The van der Waals surface area contributed by atoms with Gasteiger partial charge in [0.05, 0.1) is 19.3 Å². The molecule has 0 radical (unpaired) electrons. The van der Waals surface area contributed by atoms with Gasteiger partial charge < -0.3 is 19.7 Å². The second-order valence-electron chi connectivity index (χ2n) is 11.4. The van der Waals surface area contributed by atoms with Crippen LogP contribution < -0.4 is 14.8 Å². The first-order chi connectivity index (χ1) is 17.9. The van der Waals surface area contributed by atoms with Gasteiger partial charge in [0.25, 0.3) is 0 Å². The summed E-state index contributed by atoms with van der Waals surface area (Å²) in [6.07, 6.45) is 6.81. The summed E-state index contributed by atoms with van der Waals surface area (Å²) in [5, 5.41) is 7.19. The van der Waals surface area contributed by atoms with Crippen LogP contribution in [0.4, 0.5) is 15.3 Å². The third kappa shape index (κ3) is 5.31. The number of rotatable bonds is 5. The van der Waals surface area contributed by atoms with E-state index in [1.165, 1.54) is 26.9 Å². The monoisotopic (exact) mass is 544 g/mol. The van der Waals surface area contributed by atoms with Crippen molar-refractivity contribution in [3.05, 3.63) is 34.5 Å². The van der Waals surface area contributed by atoms with Gasteiger partial charge in [-0.1, -0.05) is 6.07 Å². The lowest BCUT2D eigenvalue weighted by Crippen LogP contribution is -2.41. The number of hydrogen-bond acceptors (Lipinski definition) is 7. The van der Waals surface area contributed by atoms with Crippen LogP contribution >= 0.6 is 0 Å². The summed E-state index contributed by atoms with van der Waals surface area (Å²) in [5.41, 5.74) is 5.10. The lowest BCUT2D eigenvalue weighted by molar-refractivity contribution is 0.0232. The van der Waals surface area contributed by atoms with Crippen molar-refractivity contribution in [3.8, 4) is 5.88 Å². The van der Waals surface area contributed by atoms with E-state index in [-0.39, 0.29) is 23.3 Å². The number of fused-ring (bicyclic) bond motifs is 3. The SMILES string of the molecule is CN(CC1COc2c(S(=N)(=O)NC(=O)Nc3c4c(cc5c3CCC5)CCC4)cnn2C1)C(=O)OC(C)(C)C. The molecule has 3 amide bonds. The van der Waals surface area contributed by atoms with Crippen LogP contribution in [0.25, 0.3) is 0 Å². The molecule has 1 aromatic carbocycles. The Morgan fingerprint density at radius 1 is 1.21 bits per heavy atom. The molecule has 0 fully saturated rings. The Balaban J connectivity index is 1.25. The maximum absolute atomic E-state index is 13.4. The molecule has 0 spiro atoms. The number of hydrogen-bond donors (Lipinski definition) is 3. The van der Waals surface area contributed by atoms with E-state index in [0.29, 0.717) is 13.1 Å². The molecule has 3 aliphatic rings. The number of benzene rings is 1. The van der Waals surface area contributed by atoms with Crippen LogP contribution in [0.3, 0.4) is 0 Å². The van der Waals surface area contributed by atoms with Crippen LogP contribution in [-0.2, 0) is 46.9 Å². The van der Waals surface area contributed by atoms with E-state index in [9.17, 15) is 13.8 Å². The number of nitrogens with zero attached hydrogens (tertiary/aromatic N) is 3. The van der Waals surface area contributed by atoms with Crippen LogP contribution in [-0.4, -0.2) is 56.8 Å². The zero-order chi connectivity index (χ0) is 27.2. The smallest absolute Gasteiger partial charge is 0.410 e. The molecule has 12 heteroatoms. The quantitative estimate of drug-likeness (QED) is 0.522. The summed E-state index contributed by atoms with van der Waals surface area (Å²) in [7, 11) is -2.07. The van der Waals surface area contributed by atoms with Gasteiger partial charge in [-0.3, -0.25) is 0 Å². The van der Waals surface area contributed by atoms with Crippen molar-refractivity contribution in [1.29, 1.82) is 4.78 Å². The Morgan fingerprint density at radius 3 is 2.50 bits per heavy atom. The molecule has 3 N–H and O–H groups in total. The Hall–Kier alpha value is -3.28. The average molecular weight is 545 g/mol. The summed E-state index contributed by atoms with van der Waals surface area (Å²) in [6.45, 7) is 6.47. The highest BCUT2D eigenvalue weighted by molar-refractivity contribution is 7.91. The molecule has 38 heavy (non-hydrogen) atoms. The summed E-state index contributed by atoms with van der Waals surface area (Å²) in [5.74, 6) is 0.121. The van der Waals surface area contributed by atoms with E-state index in [1.807, 2.05) is 20.8 Å². The molecule has 11 nitrogen and oxygen atoms in total. The van der Waals surface area contributed by atoms with Gasteiger partial charge in [-0.2, -0.15) is 5.10 Å². The zero-order valence-electron chi connectivity index (χ0n) is 22.4. The zero-order valence-corrected chi connectivity index (χ0v) is 23.2. The minimum Gasteiger partial charge on any atom is -0.476 e. The molecular formula is C26H36N6O5S. The van der Waals surface area contributed by atoms with Crippen molar-refractivity contribution >= 4 is 27.7 Å². The highest BCUT2D eigenvalue weighted by atomic mass is 32.2. The van der Waals surface area contributed by atoms with E-state index in [4.69, 9.17) is 14.3 Å². The first-order valence-electron chi connectivity index (χ1n) is 13.1. The minimum absolute atomic E-state index is 0.0233. The van der Waals surface area contributed by atoms with Crippen molar-refractivity contribution in [3.63, 3.8) is 0 Å². The molecule has 0 bridgehead atoms. The molecule has 2 aromatic rings. The van der Waals surface area contributed by atoms with Crippen molar-refractivity contribution in [1.82, 2.24) is 19.4 Å². The summed E-state index contributed by atoms with van der Waals surface area (Å²) in [4.78, 5) is 26.8. The number of carbonyl (C=O) groups excluding carboxylic acids is 2. The Bertz CT molecular complexity index is 1350. The topological polar surface area (TPSA) is 139 Å². The van der Waals surface area contributed by atoms with Crippen LogP contribution in [0.5, 0.6) is 5.88 Å². The third-order valence-electron chi connectivity index (χ3n) is 7.14. The minimum atomic E-state index is -3.74. The number of anilines is 1. The number of ether oxygens (including phenoxy) is 2. The van der Waals surface area contributed by atoms with Gasteiger partial charge in [-0.25, -0.2) is 28.0 Å². The Kier molecular flexibility index (Phi) is 6.79. The molecule has 2 aliphatic carbocycles. The number of aryl methyl sites for hydroxylation is 2. The fourth-order valence-electron chi connectivity index (χ4n) is 5.53. The predicted molar refractivity (Wildman–Crippen MR) is 142 cm³/mol. The van der Waals surface area contributed by atoms with Crippen molar-refractivity contribution < 1.29 is 23.3 Å². The molecule has 1 aliphatic heterocycles. The first-order valence-corrected chi connectivity index (χ1v) is 14.6. The number of carbonyl (C=O) groups is 2. The number of nitrogens with one attached hydrogen (secondary N) is 3. The lowest BCUT2D eigenvalue weighted by atomic mass is 9.99. The molecule has 206 valence electrons. The summed E-state index contributed by atoms with van der Waals surface area (Å²) in [6, 6.07) is 1.60. The van der Waals surface area contributed by atoms with Crippen molar-refractivity contribution in [2.75, 3.05) is 25.5 Å². The normalized spacial score (nSPS) is 19.4. The molecule has 2 unspecified atom stereocenters. The summed E-state index contributed by atoms with van der Waals surface area (Å²) >= 11 is 0. The lowest BCUT2D eigenvalue weighted by Gasteiger charge is -2.30. The maximum atomic E-state index is 13.4. The van der Waals surface area contributed by atoms with Crippen molar-refractivity contribution in [2.45, 2.75) is 76.3 Å². The molecule has 0 saturated carbocycles. The average Bonchev–Trinajstić information content (AvgIpc) is 3.56. The van der Waals surface area contributed by atoms with Gasteiger partial charge in [0, 0.05) is 25.2 Å². The molecular weight excluding hydrogens is 508 g/mol. The standard InChI is InChI=1S/C26H36N6O5S/c1-26(2,3)37-25(34)31(4)13-16-14-32-23(36-15-16)21(12-28-32)38(27,35)30-24(33)29-22-19-9-5-7-17(19)11-18-8-6-10-20(18)22/h11-12,16H,5-10,13-15H2,1-4H3,(H3,27,29,30,33,35). The van der Waals surface area contributed by atoms with E-state index in [2.05, 4.69) is 21.2 Å². The second kappa shape index (κ2) is 9.79. The Morgan fingerprint density at radius 2 is 1.87 bits per heavy atom. The first kappa shape index (κ1) is 26.3. The van der Waals surface area contributed by atoms with Gasteiger partial charge in [-0.05, 0) is 81.5 Å². The number of amides is 3.